The van der Waals surface area contributed by atoms with Crippen molar-refractivity contribution in [3.63, 3.8) is 0 Å². The van der Waals surface area contributed by atoms with Gasteiger partial charge in [0.15, 0.2) is 0 Å². The third-order valence-corrected chi connectivity index (χ3v) is 6.04. The van der Waals surface area contributed by atoms with Crippen molar-refractivity contribution >= 4 is 21.8 Å². The van der Waals surface area contributed by atoms with Gasteiger partial charge in [-0.05, 0) is 38.3 Å². The van der Waals surface area contributed by atoms with Gasteiger partial charge in [0.05, 0.1) is 16.7 Å². The van der Waals surface area contributed by atoms with Gasteiger partial charge < -0.3 is 9.64 Å². The Bertz CT molecular complexity index is 872. The highest BCUT2D eigenvalue weighted by molar-refractivity contribution is 7.90. The molecule has 0 aromatic heterocycles. The highest BCUT2D eigenvalue weighted by atomic mass is 32.2. The average Bonchev–Trinajstić information content (AvgIpc) is 2.60. The molecule has 0 spiro atoms. The first-order valence-electron chi connectivity index (χ1n) is 9.06. The summed E-state index contributed by atoms with van der Waals surface area (Å²) in [4.78, 5) is 26.6. The van der Waals surface area contributed by atoms with Crippen LogP contribution in [-0.4, -0.2) is 50.3 Å². The molecule has 11 heteroatoms. The molecule has 2 amide bonds. The van der Waals surface area contributed by atoms with Gasteiger partial charge in [-0.25, -0.2) is 8.42 Å². The lowest BCUT2D eigenvalue weighted by atomic mass is 9.81. The zero-order valence-electron chi connectivity index (χ0n) is 16.1. The SMILES string of the molecule is CCCS(=O)(=O)NC(=O)C1(C)CCCN(C(=O)c2ccccc2OC(F)(F)F)C1. The van der Waals surface area contributed by atoms with E-state index >= 15 is 0 Å². The molecule has 1 aliphatic heterocycles. The molecule has 0 aliphatic carbocycles. The van der Waals surface area contributed by atoms with Gasteiger partial charge in [0, 0.05) is 13.1 Å². The maximum absolute atomic E-state index is 12.8. The average molecular weight is 436 g/mol. The Hall–Kier alpha value is -2.30. The topological polar surface area (TPSA) is 92.8 Å². The Morgan fingerprint density at radius 3 is 2.55 bits per heavy atom. The van der Waals surface area contributed by atoms with Crippen molar-refractivity contribution in [3.05, 3.63) is 29.8 Å². The minimum Gasteiger partial charge on any atom is -0.405 e. The number of para-hydroxylation sites is 1. The Balaban J connectivity index is 2.21. The standard InChI is InChI=1S/C18H23F3N2O5S/c1-3-11-29(26,27)22-16(25)17(2)9-6-10-23(12-17)15(24)13-7-4-5-8-14(13)28-18(19,20)21/h4-5,7-8H,3,6,9-12H2,1-2H3,(H,22,25). The summed E-state index contributed by atoms with van der Waals surface area (Å²) in [6.45, 7) is 3.29. The summed E-state index contributed by atoms with van der Waals surface area (Å²) in [7, 11) is -3.78. The first-order chi connectivity index (χ1) is 13.4. The highest BCUT2D eigenvalue weighted by Crippen LogP contribution is 2.33. The quantitative estimate of drug-likeness (QED) is 0.740. The molecular weight excluding hydrogens is 413 g/mol. The van der Waals surface area contributed by atoms with Crippen molar-refractivity contribution in [2.24, 2.45) is 5.41 Å². The molecule has 1 fully saturated rings. The summed E-state index contributed by atoms with van der Waals surface area (Å²) < 4.78 is 67.6. The van der Waals surface area contributed by atoms with E-state index in [2.05, 4.69) is 4.74 Å². The van der Waals surface area contributed by atoms with E-state index in [1.54, 1.807) is 6.92 Å². The van der Waals surface area contributed by atoms with Crippen LogP contribution in [0.3, 0.4) is 0 Å². The number of sulfonamides is 1. The van der Waals surface area contributed by atoms with Crippen LogP contribution in [0.15, 0.2) is 24.3 Å². The summed E-state index contributed by atoms with van der Waals surface area (Å²) in [6.07, 6.45) is -3.89. The van der Waals surface area contributed by atoms with E-state index in [0.717, 1.165) is 6.07 Å². The van der Waals surface area contributed by atoms with Gasteiger partial charge in [0.25, 0.3) is 5.91 Å². The van der Waals surface area contributed by atoms with Gasteiger partial charge in [-0.2, -0.15) is 0 Å². The summed E-state index contributed by atoms with van der Waals surface area (Å²) in [5.41, 5.74) is -1.47. The lowest BCUT2D eigenvalue weighted by Crippen LogP contribution is -2.53. The highest BCUT2D eigenvalue weighted by Gasteiger charge is 2.41. The fourth-order valence-corrected chi connectivity index (χ4v) is 4.38. The summed E-state index contributed by atoms with van der Waals surface area (Å²) in [5.74, 6) is -2.30. The van der Waals surface area contributed by atoms with E-state index in [1.165, 1.54) is 30.0 Å². The second kappa shape index (κ2) is 8.60. The van der Waals surface area contributed by atoms with Crippen LogP contribution in [0.25, 0.3) is 0 Å². The van der Waals surface area contributed by atoms with Gasteiger partial charge >= 0.3 is 6.36 Å². The minimum atomic E-state index is -4.96. The number of carbonyl (C=O) groups excluding carboxylic acids is 2. The molecule has 162 valence electrons. The monoisotopic (exact) mass is 436 g/mol. The molecule has 29 heavy (non-hydrogen) atoms. The third-order valence-electron chi connectivity index (χ3n) is 4.60. The number of carbonyl (C=O) groups is 2. The molecule has 0 saturated carbocycles. The predicted molar refractivity (Wildman–Crippen MR) is 98.6 cm³/mol. The largest absolute Gasteiger partial charge is 0.573 e. The summed E-state index contributed by atoms with van der Waals surface area (Å²) >= 11 is 0. The number of benzene rings is 1. The molecule has 1 aromatic carbocycles. The Labute approximate surface area is 167 Å². The van der Waals surface area contributed by atoms with Gasteiger partial charge in [0.2, 0.25) is 15.9 Å². The van der Waals surface area contributed by atoms with E-state index < -0.39 is 39.4 Å². The lowest BCUT2D eigenvalue weighted by Gasteiger charge is -2.39. The van der Waals surface area contributed by atoms with Crippen LogP contribution in [0.4, 0.5) is 13.2 Å². The number of ether oxygens (including phenoxy) is 1. The number of likely N-dealkylation sites (tertiary alicyclic amines) is 1. The molecule has 2 rings (SSSR count). The predicted octanol–water partition coefficient (Wildman–Crippen LogP) is 2.68. The number of amides is 2. The molecule has 1 unspecified atom stereocenters. The van der Waals surface area contributed by atoms with Crippen molar-refractivity contribution in [1.29, 1.82) is 0 Å². The normalized spacial score (nSPS) is 20.2. The number of rotatable bonds is 6. The smallest absolute Gasteiger partial charge is 0.405 e. The van der Waals surface area contributed by atoms with Crippen molar-refractivity contribution in [2.75, 3.05) is 18.8 Å². The Morgan fingerprint density at radius 2 is 1.93 bits per heavy atom. The van der Waals surface area contributed by atoms with Crippen molar-refractivity contribution in [3.8, 4) is 5.75 Å². The van der Waals surface area contributed by atoms with E-state index in [4.69, 9.17) is 0 Å². The second-order valence-electron chi connectivity index (χ2n) is 7.18. The summed E-state index contributed by atoms with van der Waals surface area (Å²) in [6, 6.07) is 4.96. The zero-order chi connectivity index (χ0) is 21.9. The molecule has 0 radical (unpaired) electrons. The number of nitrogens with one attached hydrogen (secondary N) is 1. The van der Waals surface area contributed by atoms with E-state index in [-0.39, 0.29) is 24.4 Å². The molecule has 1 aromatic rings. The fourth-order valence-electron chi connectivity index (χ4n) is 3.21. The molecule has 1 atom stereocenters. The number of hydrogen-bond acceptors (Lipinski definition) is 5. The first kappa shape index (κ1) is 23.0. The van der Waals surface area contributed by atoms with Crippen molar-refractivity contribution < 1.29 is 35.9 Å². The molecule has 0 bridgehead atoms. The van der Waals surface area contributed by atoms with Crippen LogP contribution in [0.1, 0.15) is 43.5 Å². The van der Waals surface area contributed by atoms with E-state index in [9.17, 15) is 31.2 Å². The van der Waals surface area contributed by atoms with Gasteiger partial charge in [-0.15, -0.1) is 13.2 Å². The minimum absolute atomic E-state index is 0.125. The van der Waals surface area contributed by atoms with Gasteiger partial charge in [-0.1, -0.05) is 19.1 Å². The van der Waals surface area contributed by atoms with Crippen LogP contribution in [0, 0.1) is 5.41 Å². The van der Waals surface area contributed by atoms with E-state index in [1.807, 2.05) is 4.72 Å². The van der Waals surface area contributed by atoms with Gasteiger partial charge in [-0.3, -0.25) is 14.3 Å². The molecular formula is C18H23F3N2O5S. The maximum atomic E-state index is 12.8. The molecule has 1 aliphatic rings. The molecule has 7 nitrogen and oxygen atoms in total. The zero-order valence-corrected chi connectivity index (χ0v) is 16.9. The Kier molecular flexibility index (Phi) is 6.82. The Morgan fingerprint density at radius 1 is 1.28 bits per heavy atom. The number of nitrogens with zero attached hydrogens (tertiary/aromatic N) is 1. The second-order valence-corrected chi connectivity index (χ2v) is 9.03. The molecule has 1 heterocycles. The number of hydrogen-bond donors (Lipinski definition) is 1. The number of alkyl halides is 3. The van der Waals surface area contributed by atoms with Crippen LogP contribution < -0.4 is 9.46 Å². The van der Waals surface area contributed by atoms with Crippen molar-refractivity contribution in [2.45, 2.75) is 39.5 Å². The van der Waals surface area contributed by atoms with Crippen LogP contribution in [0.2, 0.25) is 0 Å². The van der Waals surface area contributed by atoms with E-state index in [0.29, 0.717) is 19.3 Å². The first-order valence-corrected chi connectivity index (χ1v) is 10.7. The van der Waals surface area contributed by atoms with Gasteiger partial charge in [0.1, 0.15) is 5.75 Å². The maximum Gasteiger partial charge on any atom is 0.573 e. The number of piperidine rings is 1. The fraction of sp³-hybridized carbons (Fsp3) is 0.556. The van der Waals surface area contributed by atoms with Crippen LogP contribution in [0.5, 0.6) is 5.75 Å². The third kappa shape index (κ3) is 6.09. The van der Waals surface area contributed by atoms with Crippen molar-refractivity contribution in [1.82, 2.24) is 9.62 Å². The van der Waals surface area contributed by atoms with Crippen LogP contribution >= 0.6 is 0 Å². The molecule has 1 saturated heterocycles. The lowest BCUT2D eigenvalue weighted by molar-refractivity contribution is -0.274. The number of halogens is 3. The summed E-state index contributed by atoms with van der Waals surface area (Å²) in [5, 5.41) is 0. The molecule has 1 N–H and O–H groups in total. The van der Waals surface area contributed by atoms with Crippen LogP contribution in [-0.2, 0) is 14.8 Å².